The summed E-state index contributed by atoms with van der Waals surface area (Å²) in [5.41, 5.74) is 2.15. The van der Waals surface area contributed by atoms with Crippen LogP contribution in [-0.2, 0) is 19.6 Å². The molecule has 2 rings (SSSR count). The third kappa shape index (κ3) is 4.80. The highest BCUT2D eigenvalue weighted by molar-refractivity contribution is 9.10. The van der Waals surface area contributed by atoms with Gasteiger partial charge in [0.15, 0.2) is 0 Å². The Balaban J connectivity index is 2.07. The Bertz CT molecular complexity index is 583. The van der Waals surface area contributed by atoms with E-state index in [1.165, 1.54) is 0 Å². The van der Waals surface area contributed by atoms with E-state index < -0.39 is 0 Å². The summed E-state index contributed by atoms with van der Waals surface area (Å²) in [6.07, 6.45) is 0.975. The van der Waals surface area contributed by atoms with E-state index in [4.69, 9.17) is 4.74 Å². The molecule has 0 amide bonds. The molecule has 1 aromatic carbocycles. The van der Waals surface area contributed by atoms with E-state index in [1.54, 1.807) is 11.3 Å². The van der Waals surface area contributed by atoms with Gasteiger partial charge in [-0.1, -0.05) is 32.9 Å². The van der Waals surface area contributed by atoms with Crippen molar-refractivity contribution in [2.45, 2.75) is 46.4 Å². The van der Waals surface area contributed by atoms with Gasteiger partial charge in [-0.05, 0) is 28.4 Å². The van der Waals surface area contributed by atoms with Gasteiger partial charge in [-0.2, -0.15) is 0 Å². The van der Waals surface area contributed by atoms with Crippen molar-refractivity contribution < 1.29 is 4.74 Å². The Morgan fingerprint density at radius 3 is 2.86 bits per heavy atom. The number of thiazole rings is 1. The highest BCUT2D eigenvalue weighted by Crippen LogP contribution is 2.30. The summed E-state index contributed by atoms with van der Waals surface area (Å²) in [5, 5.41) is 6.65. The highest BCUT2D eigenvalue weighted by Gasteiger charge is 2.10. The number of hydrogen-bond acceptors (Lipinski definition) is 4. The summed E-state index contributed by atoms with van der Waals surface area (Å²) in [6.45, 7) is 7.70. The van der Waals surface area contributed by atoms with Crippen molar-refractivity contribution in [1.29, 1.82) is 0 Å². The van der Waals surface area contributed by atoms with Crippen molar-refractivity contribution in [3.63, 3.8) is 0 Å². The maximum atomic E-state index is 6.00. The maximum absolute atomic E-state index is 6.00. The molecule has 0 fully saturated rings. The van der Waals surface area contributed by atoms with Crippen LogP contribution in [0.3, 0.4) is 0 Å². The largest absolute Gasteiger partial charge is 0.486 e. The van der Waals surface area contributed by atoms with Crippen molar-refractivity contribution in [3.05, 3.63) is 44.3 Å². The van der Waals surface area contributed by atoms with Crippen LogP contribution in [0.1, 0.15) is 37.0 Å². The fourth-order valence-electron chi connectivity index (χ4n) is 1.89. The lowest BCUT2D eigenvalue weighted by Gasteiger charge is -2.14. The van der Waals surface area contributed by atoms with Gasteiger partial charge in [0, 0.05) is 23.5 Å². The Morgan fingerprint density at radius 1 is 1.38 bits per heavy atom. The monoisotopic (exact) mass is 368 g/mol. The normalized spacial score (nSPS) is 11.1. The average molecular weight is 369 g/mol. The van der Waals surface area contributed by atoms with Crippen molar-refractivity contribution >= 4 is 27.3 Å². The number of nitrogens with zero attached hydrogens (tertiary/aromatic N) is 1. The van der Waals surface area contributed by atoms with Crippen LogP contribution in [-0.4, -0.2) is 11.0 Å². The van der Waals surface area contributed by atoms with Crippen LogP contribution < -0.4 is 10.1 Å². The Labute approximate surface area is 138 Å². The quantitative estimate of drug-likeness (QED) is 0.778. The first-order valence-corrected chi connectivity index (χ1v) is 8.84. The number of hydrogen-bond donors (Lipinski definition) is 1. The van der Waals surface area contributed by atoms with E-state index in [9.17, 15) is 0 Å². The van der Waals surface area contributed by atoms with Gasteiger partial charge in [-0.3, -0.25) is 0 Å². The molecule has 0 atom stereocenters. The second-order valence-electron chi connectivity index (χ2n) is 5.14. The van der Waals surface area contributed by atoms with Crippen LogP contribution in [0.25, 0.3) is 0 Å². The minimum atomic E-state index is 0.447. The number of aromatic nitrogens is 1. The molecule has 0 saturated heterocycles. The molecule has 1 aromatic heterocycles. The molecule has 0 aliphatic heterocycles. The molecular formula is C16H21BrN2OS. The average Bonchev–Trinajstić information content (AvgIpc) is 2.92. The molecule has 0 aliphatic carbocycles. The van der Waals surface area contributed by atoms with Gasteiger partial charge >= 0.3 is 0 Å². The first-order chi connectivity index (χ1) is 10.1. The SMILES string of the molecule is CCc1nc(COc2c(Br)cccc2CNC(C)C)cs1. The molecule has 0 aliphatic rings. The van der Waals surface area contributed by atoms with Gasteiger partial charge in [0.25, 0.3) is 0 Å². The zero-order valence-electron chi connectivity index (χ0n) is 12.6. The van der Waals surface area contributed by atoms with E-state index in [0.717, 1.165) is 39.5 Å². The first-order valence-electron chi connectivity index (χ1n) is 7.17. The third-order valence-electron chi connectivity index (χ3n) is 3.02. The van der Waals surface area contributed by atoms with Crippen LogP contribution >= 0.6 is 27.3 Å². The van der Waals surface area contributed by atoms with Crippen molar-refractivity contribution in [3.8, 4) is 5.75 Å². The molecule has 0 saturated carbocycles. The molecule has 0 spiro atoms. The Kier molecular flexibility index (Phi) is 6.21. The van der Waals surface area contributed by atoms with Crippen LogP contribution in [0.2, 0.25) is 0 Å². The number of halogens is 1. The van der Waals surface area contributed by atoms with E-state index in [0.29, 0.717) is 12.6 Å². The molecule has 114 valence electrons. The van der Waals surface area contributed by atoms with E-state index in [2.05, 4.69) is 58.4 Å². The summed E-state index contributed by atoms with van der Waals surface area (Å²) < 4.78 is 6.98. The molecule has 0 bridgehead atoms. The Morgan fingerprint density at radius 2 is 2.19 bits per heavy atom. The zero-order chi connectivity index (χ0) is 15.2. The van der Waals surface area contributed by atoms with Crippen molar-refractivity contribution in [2.75, 3.05) is 0 Å². The molecule has 0 unspecified atom stereocenters. The predicted molar refractivity (Wildman–Crippen MR) is 91.9 cm³/mol. The number of nitrogens with one attached hydrogen (secondary N) is 1. The van der Waals surface area contributed by atoms with Crippen LogP contribution in [0.5, 0.6) is 5.75 Å². The molecule has 1 heterocycles. The molecule has 0 radical (unpaired) electrons. The molecule has 3 nitrogen and oxygen atoms in total. The third-order valence-corrected chi connectivity index (χ3v) is 4.68. The lowest BCUT2D eigenvalue weighted by Crippen LogP contribution is -2.22. The Hall–Kier alpha value is -0.910. The van der Waals surface area contributed by atoms with Crippen molar-refractivity contribution in [1.82, 2.24) is 10.3 Å². The van der Waals surface area contributed by atoms with Gasteiger partial charge in [0.2, 0.25) is 0 Å². The lowest BCUT2D eigenvalue weighted by atomic mass is 10.2. The summed E-state index contributed by atoms with van der Waals surface area (Å²) in [7, 11) is 0. The maximum Gasteiger partial charge on any atom is 0.138 e. The summed E-state index contributed by atoms with van der Waals surface area (Å²) in [5.74, 6) is 0.900. The molecule has 2 aromatic rings. The molecular weight excluding hydrogens is 348 g/mol. The summed E-state index contributed by atoms with van der Waals surface area (Å²) >= 11 is 5.27. The second kappa shape index (κ2) is 7.92. The number of rotatable bonds is 7. The highest BCUT2D eigenvalue weighted by atomic mass is 79.9. The van der Waals surface area contributed by atoms with E-state index in [-0.39, 0.29) is 0 Å². The zero-order valence-corrected chi connectivity index (χ0v) is 15.1. The predicted octanol–water partition coefficient (Wildman–Crippen LogP) is 4.55. The smallest absolute Gasteiger partial charge is 0.138 e. The van der Waals surface area contributed by atoms with Gasteiger partial charge in [-0.25, -0.2) is 4.98 Å². The van der Waals surface area contributed by atoms with Crippen LogP contribution in [0.4, 0.5) is 0 Å². The minimum Gasteiger partial charge on any atom is -0.486 e. The van der Waals surface area contributed by atoms with Gasteiger partial charge in [0.05, 0.1) is 15.2 Å². The number of ether oxygens (including phenoxy) is 1. The fraction of sp³-hybridized carbons (Fsp3) is 0.438. The fourth-order valence-corrected chi connectivity index (χ4v) is 3.14. The minimum absolute atomic E-state index is 0.447. The van der Waals surface area contributed by atoms with Crippen molar-refractivity contribution in [2.24, 2.45) is 0 Å². The van der Waals surface area contributed by atoms with Crippen LogP contribution in [0, 0.1) is 0 Å². The second-order valence-corrected chi connectivity index (χ2v) is 6.94. The number of aryl methyl sites for hydroxylation is 1. The van der Waals surface area contributed by atoms with Gasteiger partial charge in [-0.15, -0.1) is 11.3 Å². The van der Waals surface area contributed by atoms with Gasteiger partial charge in [0.1, 0.15) is 12.4 Å². The molecule has 21 heavy (non-hydrogen) atoms. The summed E-state index contributed by atoms with van der Waals surface area (Å²) in [4.78, 5) is 4.54. The first kappa shape index (κ1) is 16.5. The van der Waals surface area contributed by atoms with Crippen LogP contribution in [0.15, 0.2) is 28.1 Å². The molecule has 1 N–H and O–H groups in total. The standard InChI is InChI=1S/C16H21BrN2OS/c1-4-15-19-13(10-21-15)9-20-16-12(8-18-11(2)3)6-5-7-14(16)17/h5-7,10-11,18H,4,8-9H2,1-3H3. The number of para-hydroxylation sites is 1. The summed E-state index contributed by atoms with van der Waals surface area (Å²) in [6, 6.07) is 6.58. The molecule has 5 heteroatoms. The van der Waals surface area contributed by atoms with E-state index in [1.807, 2.05) is 12.1 Å². The number of benzene rings is 1. The topological polar surface area (TPSA) is 34.1 Å². The lowest BCUT2D eigenvalue weighted by molar-refractivity contribution is 0.295. The van der Waals surface area contributed by atoms with E-state index >= 15 is 0 Å². The van der Waals surface area contributed by atoms with Gasteiger partial charge < -0.3 is 10.1 Å².